The molecule has 0 saturated heterocycles. The molecule has 1 aliphatic heterocycles. The fraction of sp³-hybridized carbons (Fsp3) is 0.857. The number of carbonyl (C=O) groups is 2. The van der Waals surface area contributed by atoms with Crippen LogP contribution in [0.25, 0.3) is 0 Å². The lowest BCUT2D eigenvalue weighted by molar-refractivity contribution is -0.152. The first kappa shape index (κ1) is 22.5. The van der Waals surface area contributed by atoms with Gasteiger partial charge in [-0.05, 0) is 47.0 Å². The number of alkyl carbamates (subject to hydrolysis) is 1. The molecular weight excluding hydrogens is 360 g/mol. The van der Waals surface area contributed by atoms with Crippen molar-refractivity contribution in [2.75, 3.05) is 6.61 Å². The number of amides is 1. The fourth-order valence-corrected chi connectivity index (χ4v) is 4.30. The molecule has 0 radical (unpaired) electrons. The maximum atomic E-state index is 12.5. The van der Waals surface area contributed by atoms with Gasteiger partial charge in [0.25, 0.3) is 0 Å². The second kappa shape index (κ2) is 9.61. The molecule has 2 unspecified atom stereocenters. The largest absolute Gasteiger partial charge is 0.466 e. The first-order chi connectivity index (χ1) is 13.2. The van der Waals surface area contributed by atoms with Gasteiger partial charge in [0, 0.05) is 12.0 Å². The van der Waals surface area contributed by atoms with Gasteiger partial charge in [-0.3, -0.25) is 4.79 Å². The SMILES string of the molecule is CCCC(CCC)C1=NO[C@@H]2C(C(=O)OCC)CC(NC(=O)OC(C)(C)C)[C@H]12. The van der Waals surface area contributed by atoms with Crippen LogP contribution in [0.3, 0.4) is 0 Å². The summed E-state index contributed by atoms with van der Waals surface area (Å²) in [7, 11) is 0. The number of esters is 1. The van der Waals surface area contributed by atoms with Crippen molar-refractivity contribution < 1.29 is 23.9 Å². The summed E-state index contributed by atoms with van der Waals surface area (Å²) >= 11 is 0. The normalized spacial score (nSPS) is 26.5. The minimum atomic E-state index is -0.585. The van der Waals surface area contributed by atoms with Crippen molar-refractivity contribution in [2.24, 2.45) is 22.9 Å². The molecule has 1 saturated carbocycles. The fourth-order valence-electron chi connectivity index (χ4n) is 4.30. The number of fused-ring (bicyclic) bond motifs is 1. The van der Waals surface area contributed by atoms with E-state index in [9.17, 15) is 9.59 Å². The molecule has 0 spiro atoms. The van der Waals surface area contributed by atoms with Crippen molar-refractivity contribution in [3.8, 4) is 0 Å². The summed E-state index contributed by atoms with van der Waals surface area (Å²) in [6.45, 7) is 11.9. The predicted molar refractivity (Wildman–Crippen MR) is 107 cm³/mol. The summed E-state index contributed by atoms with van der Waals surface area (Å²) < 4.78 is 10.7. The standard InChI is InChI=1S/C21H36N2O5/c1-7-10-13(11-8-2)17-16-15(22-20(25)27-21(4,5)6)12-14(18(16)28-23-17)19(24)26-9-3/h13-16,18H,7-12H2,1-6H3,(H,22,25)/t14?,15?,16-,18-/m1/s1. The molecule has 0 aromatic carbocycles. The highest BCUT2D eigenvalue weighted by Gasteiger charge is 2.55. The molecule has 7 heteroatoms. The third-order valence-corrected chi connectivity index (χ3v) is 5.30. The van der Waals surface area contributed by atoms with Gasteiger partial charge < -0.3 is 19.6 Å². The van der Waals surface area contributed by atoms with Gasteiger partial charge in [0.1, 0.15) is 5.60 Å². The Morgan fingerprint density at radius 1 is 1.21 bits per heavy atom. The minimum Gasteiger partial charge on any atom is -0.466 e. The molecule has 28 heavy (non-hydrogen) atoms. The lowest BCUT2D eigenvalue weighted by atomic mass is 9.82. The average Bonchev–Trinajstić information content (AvgIpc) is 3.14. The highest BCUT2D eigenvalue weighted by Crippen LogP contribution is 2.42. The molecule has 7 nitrogen and oxygen atoms in total. The van der Waals surface area contributed by atoms with Gasteiger partial charge in [0.05, 0.1) is 24.2 Å². The van der Waals surface area contributed by atoms with Crippen LogP contribution in [-0.4, -0.2) is 42.1 Å². The van der Waals surface area contributed by atoms with Crippen LogP contribution in [0.4, 0.5) is 4.79 Å². The van der Waals surface area contributed by atoms with Crippen molar-refractivity contribution in [3.05, 3.63) is 0 Å². The molecule has 1 N–H and O–H groups in total. The van der Waals surface area contributed by atoms with Crippen LogP contribution in [0.5, 0.6) is 0 Å². The molecule has 2 rings (SSSR count). The van der Waals surface area contributed by atoms with Crippen LogP contribution in [0.1, 0.15) is 73.6 Å². The molecule has 2 aliphatic rings. The van der Waals surface area contributed by atoms with Crippen LogP contribution in [0, 0.1) is 17.8 Å². The van der Waals surface area contributed by atoms with Gasteiger partial charge >= 0.3 is 12.1 Å². The number of hydrogen-bond acceptors (Lipinski definition) is 6. The predicted octanol–water partition coefficient (Wildman–Crippen LogP) is 4.05. The van der Waals surface area contributed by atoms with Crippen molar-refractivity contribution in [1.29, 1.82) is 0 Å². The third-order valence-electron chi connectivity index (χ3n) is 5.30. The van der Waals surface area contributed by atoms with Crippen LogP contribution in [0.15, 0.2) is 5.16 Å². The molecule has 1 aliphatic carbocycles. The van der Waals surface area contributed by atoms with Gasteiger partial charge in [0.2, 0.25) is 0 Å². The Labute approximate surface area is 168 Å². The number of rotatable bonds is 8. The van der Waals surface area contributed by atoms with E-state index in [1.807, 2.05) is 20.8 Å². The van der Waals surface area contributed by atoms with Crippen LogP contribution in [0.2, 0.25) is 0 Å². The molecular formula is C21H36N2O5. The summed E-state index contributed by atoms with van der Waals surface area (Å²) in [5.74, 6) is -0.543. The summed E-state index contributed by atoms with van der Waals surface area (Å²) in [6.07, 6.45) is 3.74. The molecule has 4 atom stereocenters. The van der Waals surface area contributed by atoms with E-state index in [0.717, 1.165) is 31.4 Å². The molecule has 0 aromatic heterocycles. The first-order valence-corrected chi connectivity index (χ1v) is 10.6. The van der Waals surface area contributed by atoms with E-state index in [1.165, 1.54) is 0 Å². The minimum absolute atomic E-state index is 0.120. The highest BCUT2D eigenvalue weighted by atomic mass is 16.6. The first-order valence-electron chi connectivity index (χ1n) is 10.6. The van der Waals surface area contributed by atoms with Crippen molar-refractivity contribution in [1.82, 2.24) is 5.32 Å². The zero-order valence-corrected chi connectivity index (χ0v) is 18.1. The number of carbonyl (C=O) groups excluding carboxylic acids is 2. The van der Waals surface area contributed by atoms with Gasteiger partial charge in [-0.1, -0.05) is 31.8 Å². The molecule has 0 bridgehead atoms. The lowest BCUT2D eigenvalue weighted by Crippen LogP contribution is -2.45. The summed E-state index contributed by atoms with van der Waals surface area (Å²) in [5, 5.41) is 7.37. The van der Waals surface area contributed by atoms with Gasteiger partial charge in [-0.25, -0.2) is 4.79 Å². The maximum Gasteiger partial charge on any atom is 0.407 e. The topological polar surface area (TPSA) is 86.2 Å². The Morgan fingerprint density at radius 2 is 1.86 bits per heavy atom. The number of nitrogens with one attached hydrogen (secondary N) is 1. The van der Waals surface area contributed by atoms with Crippen LogP contribution < -0.4 is 5.32 Å². The number of ether oxygens (including phenoxy) is 2. The number of hydrogen-bond donors (Lipinski definition) is 1. The van der Waals surface area contributed by atoms with Gasteiger partial charge in [-0.15, -0.1) is 0 Å². The number of nitrogens with zero attached hydrogens (tertiary/aromatic N) is 1. The smallest absolute Gasteiger partial charge is 0.407 e. The van der Waals surface area contributed by atoms with Gasteiger partial charge in [0.15, 0.2) is 6.10 Å². The number of oxime groups is 1. The molecule has 1 fully saturated rings. The Hall–Kier alpha value is -1.79. The van der Waals surface area contributed by atoms with Gasteiger partial charge in [-0.2, -0.15) is 0 Å². The average molecular weight is 397 g/mol. The van der Waals surface area contributed by atoms with E-state index >= 15 is 0 Å². The van der Waals surface area contributed by atoms with E-state index in [2.05, 4.69) is 24.3 Å². The van der Waals surface area contributed by atoms with Crippen molar-refractivity contribution in [2.45, 2.75) is 91.4 Å². The Bertz CT molecular complexity index is 578. The van der Waals surface area contributed by atoms with E-state index in [4.69, 9.17) is 14.3 Å². The Kier molecular flexibility index (Phi) is 7.72. The molecule has 0 aromatic rings. The lowest BCUT2D eigenvalue weighted by Gasteiger charge is -2.26. The molecule has 1 amide bonds. The summed E-state index contributed by atoms with van der Waals surface area (Å²) in [4.78, 5) is 30.6. The van der Waals surface area contributed by atoms with Crippen molar-refractivity contribution in [3.63, 3.8) is 0 Å². The second-order valence-corrected chi connectivity index (χ2v) is 8.73. The third kappa shape index (κ3) is 5.39. The highest BCUT2D eigenvalue weighted by molar-refractivity contribution is 5.93. The second-order valence-electron chi connectivity index (χ2n) is 8.73. The summed E-state index contributed by atoms with van der Waals surface area (Å²) in [6, 6.07) is -0.258. The summed E-state index contributed by atoms with van der Waals surface area (Å²) in [5.41, 5.74) is 0.389. The van der Waals surface area contributed by atoms with Crippen LogP contribution in [-0.2, 0) is 19.1 Å². The van der Waals surface area contributed by atoms with E-state index in [0.29, 0.717) is 18.9 Å². The molecule has 1 heterocycles. The van der Waals surface area contributed by atoms with Crippen molar-refractivity contribution >= 4 is 17.8 Å². The Morgan fingerprint density at radius 3 is 2.39 bits per heavy atom. The van der Waals surface area contributed by atoms with E-state index in [-0.39, 0.29) is 24.0 Å². The zero-order chi connectivity index (χ0) is 20.9. The Balaban J connectivity index is 2.22. The monoisotopic (exact) mass is 396 g/mol. The zero-order valence-electron chi connectivity index (χ0n) is 18.1. The maximum absolute atomic E-state index is 12.5. The molecule has 160 valence electrons. The quantitative estimate of drug-likeness (QED) is 0.626. The van der Waals surface area contributed by atoms with E-state index in [1.54, 1.807) is 6.92 Å². The van der Waals surface area contributed by atoms with Crippen LogP contribution >= 0.6 is 0 Å². The van der Waals surface area contributed by atoms with E-state index < -0.39 is 17.6 Å².